The molecule has 0 aromatic heterocycles. The predicted octanol–water partition coefficient (Wildman–Crippen LogP) is 3.80. The lowest BCUT2D eigenvalue weighted by Crippen LogP contribution is -2.49. The number of aryl methyl sites for hydroxylation is 3. The minimum Gasteiger partial charge on any atom is -0.481 e. The number of likely N-dealkylation sites (tertiary alicyclic amines) is 1. The summed E-state index contributed by atoms with van der Waals surface area (Å²) in [5, 5.41) is 9.90. The van der Waals surface area contributed by atoms with Crippen molar-refractivity contribution in [1.82, 2.24) is 4.90 Å². The molecule has 142 valence electrons. The number of nitrogens with zero attached hydrogens (tertiary/aromatic N) is 1. The van der Waals surface area contributed by atoms with Crippen molar-refractivity contribution < 1.29 is 14.7 Å². The second-order valence-corrected chi connectivity index (χ2v) is 7.69. The van der Waals surface area contributed by atoms with Gasteiger partial charge in [-0.05, 0) is 55.9 Å². The largest absolute Gasteiger partial charge is 0.481 e. The number of rotatable bonds is 4. The normalized spacial score (nSPS) is 16.2. The van der Waals surface area contributed by atoms with Crippen LogP contribution >= 0.6 is 0 Å². The molecule has 0 atom stereocenters. The van der Waals surface area contributed by atoms with Crippen LogP contribution in [0.4, 0.5) is 0 Å². The Labute approximate surface area is 160 Å². The van der Waals surface area contributed by atoms with Gasteiger partial charge in [0.2, 0.25) is 5.91 Å². The maximum atomic E-state index is 12.9. The average molecular weight is 365 g/mol. The lowest BCUT2D eigenvalue weighted by Gasteiger charge is -2.39. The molecule has 4 nitrogen and oxygen atoms in total. The van der Waals surface area contributed by atoms with Gasteiger partial charge in [0.1, 0.15) is 0 Å². The Morgan fingerprint density at radius 1 is 1.00 bits per heavy atom. The van der Waals surface area contributed by atoms with E-state index in [2.05, 4.69) is 19.1 Å². The van der Waals surface area contributed by atoms with Gasteiger partial charge in [0.25, 0.3) is 0 Å². The summed E-state index contributed by atoms with van der Waals surface area (Å²) in [6.45, 7) is 7.10. The summed E-state index contributed by atoms with van der Waals surface area (Å²) in [4.78, 5) is 26.7. The summed E-state index contributed by atoms with van der Waals surface area (Å²) in [6.07, 6.45) is 1.28. The summed E-state index contributed by atoms with van der Waals surface area (Å²) in [5.41, 5.74) is 4.50. The molecular formula is C23H27NO3. The topological polar surface area (TPSA) is 57.6 Å². The number of carboxylic acids is 1. The van der Waals surface area contributed by atoms with Crippen molar-refractivity contribution in [2.24, 2.45) is 0 Å². The van der Waals surface area contributed by atoms with Gasteiger partial charge in [-0.2, -0.15) is 0 Å². The zero-order valence-electron chi connectivity index (χ0n) is 16.3. The van der Waals surface area contributed by atoms with Crippen LogP contribution in [-0.4, -0.2) is 35.0 Å². The molecule has 0 saturated carbocycles. The second-order valence-electron chi connectivity index (χ2n) is 7.69. The van der Waals surface area contributed by atoms with E-state index in [0.717, 1.165) is 22.3 Å². The van der Waals surface area contributed by atoms with Crippen molar-refractivity contribution in [3.8, 4) is 0 Å². The smallest absolute Gasteiger partial charge is 0.314 e. The summed E-state index contributed by atoms with van der Waals surface area (Å²) < 4.78 is 0. The van der Waals surface area contributed by atoms with E-state index in [1.807, 2.05) is 49.1 Å². The van der Waals surface area contributed by atoms with Gasteiger partial charge >= 0.3 is 5.97 Å². The number of piperidine rings is 1. The Balaban J connectivity index is 1.73. The second kappa shape index (κ2) is 7.55. The number of aliphatic carboxylic acids is 1. The molecule has 3 rings (SSSR count). The van der Waals surface area contributed by atoms with Crippen molar-refractivity contribution in [1.29, 1.82) is 0 Å². The predicted molar refractivity (Wildman–Crippen MR) is 106 cm³/mol. The van der Waals surface area contributed by atoms with Crippen LogP contribution < -0.4 is 0 Å². The molecule has 1 saturated heterocycles. The number of carboxylic acid groups (broad SMARTS) is 1. The van der Waals surface area contributed by atoms with Gasteiger partial charge in [-0.3, -0.25) is 9.59 Å². The summed E-state index contributed by atoms with van der Waals surface area (Å²) in [5.74, 6) is -0.719. The maximum absolute atomic E-state index is 12.9. The van der Waals surface area contributed by atoms with Crippen LogP contribution in [0.15, 0.2) is 42.5 Å². The third-order valence-corrected chi connectivity index (χ3v) is 5.87. The molecule has 1 aliphatic rings. The molecular weight excluding hydrogens is 338 g/mol. The van der Waals surface area contributed by atoms with E-state index in [9.17, 15) is 14.7 Å². The van der Waals surface area contributed by atoms with Crippen LogP contribution in [0.5, 0.6) is 0 Å². The minimum absolute atomic E-state index is 0.0807. The molecule has 4 heteroatoms. The highest BCUT2D eigenvalue weighted by atomic mass is 16.4. The first-order chi connectivity index (χ1) is 12.8. The molecule has 0 unspecified atom stereocenters. The van der Waals surface area contributed by atoms with Crippen molar-refractivity contribution in [3.05, 3.63) is 70.3 Å². The fourth-order valence-corrected chi connectivity index (χ4v) is 4.27. The SMILES string of the molecule is Cc1cc(C)c(CC(=O)N2CCC(C(=O)O)(c3ccccc3)CC2)c(C)c1. The van der Waals surface area contributed by atoms with Crippen LogP contribution in [0.1, 0.15) is 40.7 Å². The molecule has 0 aliphatic carbocycles. The molecule has 0 spiro atoms. The number of carbonyl (C=O) groups is 2. The van der Waals surface area contributed by atoms with Crippen LogP contribution in [0.25, 0.3) is 0 Å². The first-order valence-corrected chi connectivity index (χ1v) is 9.47. The van der Waals surface area contributed by atoms with Gasteiger partial charge in [0, 0.05) is 13.1 Å². The standard InChI is InChI=1S/C23H27NO3/c1-16-13-17(2)20(18(3)14-16)15-21(25)24-11-9-23(10-12-24,22(26)27)19-7-5-4-6-8-19/h4-8,13-14H,9-12,15H2,1-3H3,(H,26,27). The van der Waals surface area contributed by atoms with E-state index < -0.39 is 11.4 Å². The zero-order valence-corrected chi connectivity index (χ0v) is 16.3. The Morgan fingerprint density at radius 3 is 2.07 bits per heavy atom. The Morgan fingerprint density at radius 2 is 1.56 bits per heavy atom. The van der Waals surface area contributed by atoms with Crippen molar-refractivity contribution in [2.75, 3.05) is 13.1 Å². The summed E-state index contributed by atoms with van der Waals surface area (Å²) >= 11 is 0. The van der Waals surface area contributed by atoms with E-state index in [1.165, 1.54) is 5.56 Å². The van der Waals surface area contributed by atoms with E-state index in [-0.39, 0.29) is 5.91 Å². The quantitative estimate of drug-likeness (QED) is 0.897. The third kappa shape index (κ3) is 3.75. The number of benzene rings is 2. The molecule has 1 fully saturated rings. The lowest BCUT2D eigenvalue weighted by molar-refractivity contribution is -0.148. The summed E-state index contributed by atoms with van der Waals surface area (Å²) in [6, 6.07) is 13.6. The maximum Gasteiger partial charge on any atom is 0.314 e. The van der Waals surface area contributed by atoms with E-state index in [0.29, 0.717) is 32.4 Å². The van der Waals surface area contributed by atoms with Crippen LogP contribution in [0, 0.1) is 20.8 Å². The minimum atomic E-state index is -0.895. The zero-order chi connectivity index (χ0) is 19.6. The molecule has 1 amide bonds. The number of amides is 1. The average Bonchev–Trinajstić information content (AvgIpc) is 2.65. The number of hydrogen-bond donors (Lipinski definition) is 1. The molecule has 27 heavy (non-hydrogen) atoms. The van der Waals surface area contributed by atoms with Gasteiger partial charge in [-0.25, -0.2) is 0 Å². The van der Waals surface area contributed by atoms with E-state index in [1.54, 1.807) is 0 Å². The lowest BCUT2D eigenvalue weighted by atomic mass is 9.72. The fourth-order valence-electron chi connectivity index (χ4n) is 4.27. The van der Waals surface area contributed by atoms with Crippen molar-refractivity contribution in [3.63, 3.8) is 0 Å². The molecule has 1 N–H and O–H groups in total. The molecule has 0 radical (unpaired) electrons. The molecule has 2 aromatic rings. The number of carbonyl (C=O) groups excluding carboxylic acids is 1. The van der Waals surface area contributed by atoms with Gasteiger partial charge in [-0.15, -0.1) is 0 Å². The van der Waals surface area contributed by atoms with E-state index in [4.69, 9.17) is 0 Å². The van der Waals surface area contributed by atoms with Gasteiger partial charge in [0.05, 0.1) is 11.8 Å². The van der Waals surface area contributed by atoms with Gasteiger partial charge < -0.3 is 10.0 Å². The first-order valence-electron chi connectivity index (χ1n) is 9.47. The number of hydrogen-bond acceptors (Lipinski definition) is 2. The fraction of sp³-hybridized carbons (Fsp3) is 0.391. The monoisotopic (exact) mass is 365 g/mol. The highest BCUT2D eigenvalue weighted by Gasteiger charge is 2.43. The Bertz CT molecular complexity index is 826. The third-order valence-electron chi connectivity index (χ3n) is 5.87. The van der Waals surface area contributed by atoms with Crippen molar-refractivity contribution in [2.45, 2.75) is 45.4 Å². The van der Waals surface area contributed by atoms with Gasteiger partial charge in [-0.1, -0.05) is 48.0 Å². The Hall–Kier alpha value is -2.62. The van der Waals surface area contributed by atoms with E-state index >= 15 is 0 Å². The summed E-state index contributed by atoms with van der Waals surface area (Å²) in [7, 11) is 0. The van der Waals surface area contributed by atoms with Crippen LogP contribution in [-0.2, 0) is 21.4 Å². The highest BCUT2D eigenvalue weighted by molar-refractivity contribution is 5.83. The molecule has 1 aliphatic heterocycles. The molecule has 0 bridgehead atoms. The Kier molecular flexibility index (Phi) is 5.36. The van der Waals surface area contributed by atoms with Crippen molar-refractivity contribution >= 4 is 11.9 Å². The molecule has 1 heterocycles. The first kappa shape index (κ1) is 19.2. The van der Waals surface area contributed by atoms with Gasteiger partial charge in [0.15, 0.2) is 0 Å². The highest BCUT2D eigenvalue weighted by Crippen LogP contribution is 2.36. The molecule has 2 aromatic carbocycles. The van der Waals surface area contributed by atoms with Crippen LogP contribution in [0.2, 0.25) is 0 Å². The van der Waals surface area contributed by atoms with Crippen LogP contribution in [0.3, 0.4) is 0 Å².